The van der Waals surface area contributed by atoms with Crippen LogP contribution in [0.1, 0.15) is 13.3 Å². The summed E-state index contributed by atoms with van der Waals surface area (Å²) in [6, 6.07) is 0. The third-order valence-corrected chi connectivity index (χ3v) is 1.77. The van der Waals surface area contributed by atoms with Crippen molar-refractivity contribution in [3.8, 4) is 0 Å². The summed E-state index contributed by atoms with van der Waals surface area (Å²) in [5.74, 6) is 0.605. The van der Waals surface area contributed by atoms with Gasteiger partial charge in [0.05, 0.1) is 12.9 Å². The number of H-pyrrole nitrogens is 1. The molecular weight excluding hydrogens is 196 g/mol. The van der Waals surface area contributed by atoms with Crippen LogP contribution in [0.15, 0.2) is 12.7 Å². The van der Waals surface area contributed by atoms with E-state index >= 15 is 0 Å². The quantitative estimate of drug-likeness (QED) is 0.493. The summed E-state index contributed by atoms with van der Waals surface area (Å²) in [4.78, 5) is 20.0. The molecule has 2 aromatic rings. The zero-order chi connectivity index (χ0) is 10.5. The van der Waals surface area contributed by atoms with Crippen molar-refractivity contribution in [3.05, 3.63) is 12.7 Å². The van der Waals surface area contributed by atoms with Gasteiger partial charge in [-0.3, -0.25) is 10.3 Å². The largest absolute Gasteiger partial charge is 0.340 e. The highest BCUT2D eigenvalue weighted by Crippen LogP contribution is 2.12. The summed E-state index contributed by atoms with van der Waals surface area (Å²) in [5, 5.41) is 0. The van der Waals surface area contributed by atoms with Gasteiger partial charge in [-0.25, -0.2) is 15.0 Å². The van der Waals surface area contributed by atoms with Crippen LogP contribution < -0.4 is 11.0 Å². The van der Waals surface area contributed by atoms with Gasteiger partial charge in [0.15, 0.2) is 11.5 Å². The molecular formula is C8H12N6O. The molecule has 0 aliphatic rings. The molecule has 2 aromatic heterocycles. The van der Waals surface area contributed by atoms with E-state index in [9.17, 15) is 0 Å². The molecule has 0 aromatic carbocycles. The van der Waals surface area contributed by atoms with Crippen LogP contribution in [-0.2, 0) is 4.84 Å². The lowest BCUT2D eigenvalue weighted by Crippen LogP contribution is -2.23. The highest BCUT2D eigenvalue weighted by molar-refractivity contribution is 5.81. The zero-order valence-corrected chi connectivity index (χ0v) is 8.32. The summed E-state index contributed by atoms with van der Waals surface area (Å²) >= 11 is 0. The molecule has 0 amide bonds. The van der Waals surface area contributed by atoms with Crippen molar-refractivity contribution in [3.63, 3.8) is 0 Å². The molecule has 7 nitrogen and oxygen atoms in total. The molecule has 0 radical (unpaired) electrons. The SMILES string of the molecule is CCCONNc1ncnc2nc[nH]c12. The van der Waals surface area contributed by atoms with E-state index in [0.717, 1.165) is 11.9 Å². The molecule has 0 fully saturated rings. The average Bonchev–Trinajstić information content (AvgIpc) is 2.73. The number of hydrogen-bond acceptors (Lipinski definition) is 6. The Labute approximate surface area is 86.2 Å². The average molecular weight is 208 g/mol. The molecule has 80 valence electrons. The second kappa shape index (κ2) is 4.67. The van der Waals surface area contributed by atoms with Crippen molar-refractivity contribution in [1.29, 1.82) is 0 Å². The van der Waals surface area contributed by atoms with Crippen LogP contribution in [0.25, 0.3) is 11.2 Å². The third-order valence-electron chi connectivity index (χ3n) is 1.77. The summed E-state index contributed by atoms with van der Waals surface area (Å²) < 4.78 is 0. The van der Waals surface area contributed by atoms with Gasteiger partial charge in [0.1, 0.15) is 11.8 Å². The van der Waals surface area contributed by atoms with Gasteiger partial charge in [-0.1, -0.05) is 6.92 Å². The van der Waals surface area contributed by atoms with Crippen molar-refractivity contribution in [1.82, 2.24) is 25.5 Å². The molecule has 15 heavy (non-hydrogen) atoms. The van der Waals surface area contributed by atoms with E-state index in [0.29, 0.717) is 18.1 Å². The zero-order valence-electron chi connectivity index (χ0n) is 8.32. The number of anilines is 1. The molecule has 0 bridgehead atoms. The first-order valence-electron chi connectivity index (χ1n) is 4.68. The van der Waals surface area contributed by atoms with Gasteiger partial charge >= 0.3 is 0 Å². The topological polar surface area (TPSA) is 87.8 Å². The predicted molar refractivity (Wildman–Crippen MR) is 54.7 cm³/mol. The van der Waals surface area contributed by atoms with Crippen LogP contribution in [0.4, 0.5) is 5.82 Å². The maximum Gasteiger partial charge on any atom is 0.182 e. The lowest BCUT2D eigenvalue weighted by atomic mass is 10.5. The first kappa shape index (κ1) is 9.81. The van der Waals surface area contributed by atoms with Gasteiger partial charge in [-0.15, -0.1) is 5.59 Å². The number of imidazole rings is 1. The highest BCUT2D eigenvalue weighted by Gasteiger charge is 2.03. The van der Waals surface area contributed by atoms with Crippen molar-refractivity contribution >= 4 is 17.0 Å². The van der Waals surface area contributed by atoms with Crippen molar-refractivity contribution in [2.24, 2.45) is 0 Å². The molecule has 0 saturated carbocycles. The number of hydrogen-bond donors (Lipinski definition) is 3. The molecule has 0 spiro atoms. The van der Waals surface area contributed by atoms with Crippen molar-refractivity contribution in [2.75, 3.05) is 12.0 Å². The van der Waals surface area contributed by atoms with E-state index < -0.39 is 0 Å². The number of fused-ring (bicyclic) bond motifs is 1. The van der Waals surface area contributed by atoms with E-state index in [1.165, 1.54) is 6.33 Å². The molecule has 2 heterocycles. The van der Waals surface area contributed by atoms with E-state index in [1.54, 1.807) is 6.33 Å². The second-order valence-corrected chi connectivity index (χ2v) is 2.90. The number of aromatic amines is 1. The number of hydrazine groups is 1. The number of nitrogens with one attached hydrogen (secondary N) is 3. The Morgan fingerprint density at radius 2 is 2.33 bits per heavy atom. The third kappa shape index (κ3) is 2.20. The fourth-order valence-corrected chi connectivity index (χ4v) is 1.10. The minimum absolute atomic E-state index is 0.605. The summed E-state index contributed by atoms with van der Waals surface area (Å²) in [7, 11) is 0. The number of rotatable bonds is 5. The van der Waals surface area contributed by atoms with E-state index in [-0.39, 0.29) is 0 Å². The lowest BCUT2D eigenvalue weighted by Gasteiger charge is -2.06. The fraction of sp³-hybridized carbons (Fsp3) is 0.375. The summed E-state index contributed by atoms with van der Waals surface area (Å²) in [5.41, 5.74) is 6.77. The molecule has 0 unspecified atom stereocenters. The number of nitrogens with zero attached hydrogens (tertiary/aromatic N) is 3. The Morgan fingerprint density at radius 3 is 3.20 bits per heavy atom. The van der Waals surface area contributed by atoms with E-state index in [1.807, 2.05) is 6.92 Å². The Kier molecular flexibility index (Phi) is 3.05. The maximum atomic E-state index is 5.06. The Morgan fingerprint density at radius 1 is 1.40 bits per heavy atom. The molecule has 0 aliphatic heterocycles. The molecule has 2 rings (SSSR count). The normalized spacial score (nSPS) is 10.7. The molecule has 0 saturated heterocycles. The molecule has 0 aliphatic carbocycles. The van der Waals surface area contributed by atoms with Gasteiger partial charge in [0, 0.05) is 0 Å². The van der Waals surface area contributed by atoms with E-state index in [2.05, 4.69) is 31.0 Å². The monoisotopic (exact) mass is 208 g/mol. The van der Waals surface area contributed by atoms with Gasteiger partial charge < -0.3 is 4.98 Å². The van der Waals surface area contributed by atoms with Crippen LogP contribution in [0.5, 0.6) is 0 Å². The lowest BCUT2D eigenvalue weighted by molar-refractivity contribution is 0.0574. The van der Waals surface area contributed by atoms with Crippen LogP contribution in [0, 0.1) is 0 Å². The van der Waals surface area contributed by atoms with E-state index in [4.69, 9.17) is 4.84 Å². The maximum absolute atomic E-state index is 5.06. The second-order valence-electron chi connectivity index (χ2n) is 2.90. The Bertz CT molecular complexity index is 428. The smallest absolute Gasteiger partial charge is 0.182 e. The van der Waals surface area contributed by atoms with Crippen LogP contribution in [0.3, 0.4) is 0 Å². The minimum atomic E-state index is 0.605. The van der Waals surface area contributed by atoms with Crippen LogP contribution in [-0.4, -0.2) is 26.5 Å². The highest BCUT2D eigenvalue weighted by atomic mass is 16.7. The molecule has 7 heteroatoms. The minimum Gasteiger partial charge on any atom is -0.340 e. The standard InChI is InChI=1S/C8H12N6O/c1-2-3-15-14-13-8-6-7(10-4-9-6)11-5-12-8/h4-5,14H,2-3H2,1H3,(H2,9,10,11,12,13). The van der Waals surface area contributed by atoms with Gasteiger partial charge in [0.2, 0.25) is 0 Å². The van der Waals surface area contributed by atoms with Crippen LogP contribution >= 0.6 is 0 Å². The first-order valence-corrected chi connectivity index (χ1v) is 4.68. The Hall–Kier alpha value is -1.73. The van der Waals surface area contributed by atoms with Crippen molar-refractivity contribution < 1.29 is 4.84 Å². The summed E-state index contributed by atoms with van der Waals surface area (Å²) in [6.07, 6.45) is 3.95. The summed E-state index contributed by atoms with van der Waals surface area (Å²) in [6.45, 7) is 2.66. The van der Waals surface area contributed by atoms with Gasteiger partial charge in [-0.05, 0) is 6.42 Å². The van der Waals surface area contributed by atoms with Crippen LogP contribution in [0.2, 0.25) is 0 Å². The molecule has 3 N–H and O–H groups in total. The van der Waals surface area contributed by atoms with Gasteiger partial charge in [0.25, 0.3) is 0 Å². The van der Waals surface area contributed by atoms with Gasteiger partial charge in [-0.2, -0.15) is 0 Å². The number of aromatic nitrogens is 4. The van der Waals surface area contributed by atoms with Crippen molar-refractivity contribution in [2.45, 2.75) is 13.3 Å². The first-order chi connectivity index (χ1) is 7.42. The Balaban J connectivity index is 2.04. The molecule has 0 atom stereocenters. The predicted octanol–water partition coefficient (Wildman–Crippen LogP) is 0.611. The fourth-order valence-electron chi connectivity index (χ4n) is 1.10.